The third-order valence-corrected chi connectivity index (χ3v) is 4.00. The minimum absolute atomic E-state index is 0.352. The third-order valence-electron chi connectivity index (χ3n) is 4.00. The van der Waals surface area contributed by atoms with Crippen LogP contribution < -0.4 is 0 Å². The maximum absolute atomic E-state index is 12.2. The van der Waals surface area contributed by atoms with Crippen molar-refractivity contribution in [3.05, 3.63) is 70.9 Å². The lowest BCUT2D eigenvalue weighted by molar-refractivity contribution is 0.0588. The maximum atomic E-state index is 12.2. The lowest BCUT2D eigenvalue weighted by Gasteiger charge is -2.10. The topological polar surface area (TPSA) is 55.0 Å². The number of rotatable bonds is 3. The van der Waals surface area contributed by atoms with E-state index in [9.17, 15) is 4.79 Å². The molecule has 0 bridgehead atoms. The zero-order valence-electron chi connectivity index (χ0n) is 13.0. The fourth-order valence-electron chi connectivity index (χ4n) is 2.92. The van der Waals surface area contributed by atoms with Gasteiger partial charge in [-0.15, -0.1) is 0 Å². The molecule has 3 aromatic rings. The standard InChI is InChI=1S/C19H16N2O2/c1-13-16-8-3-4-9-17(16)21(18(13)19(22)23-2)12-15-7-5-6-14(10-15)11-20/h3-10H,12H2,1-2H3. The zero-order chi connectivity index (χ0) is 16.4. The summed E-state index contributed by atoms with van der Waals surface area (Å²) in [5.74, 6) is -0.352. The molecule has 0 atom stereocenters. The lowest BCUT2D eigenvalue weighted by atomic mass is 10.1. The van der Waals surface area contributed by atoms with Crippen LogP contribution in [-0.4, -0.2) is 17.6 Å². The second kappa shape index (κ2) is 5.98. The molecule has 0 aliphatic heterocycles. The van der Waals surface area contributed by atoms with Gasteiger partial charge in [0.05, 0.1) is 18.7 Å². The van der Waals surface area contributed by atoms with Crippen molar-refractivity contribution in [1.82, 2.24) is 4.57 Å². The van der Waals surface area contributed by atoms with Gasteiger partial charge in [0.1, 0.15) is 5.69 Å². The molecule has 0 radical (unpaired) electrons. The molecule has 0 aliphatic rings. The number of carbonyl (C=O) groups is 1. The van der Waals surface area contributed by atoms with Crippen molar-refractivity contribution < 1.29 is 9.53 Å². The van der Waals surface area contributed by atoms with Gasteiger partial charge in [0, 0.05) is 17.4 Å². The van der Waals surface area contributed by atoms with Crippen molar-refractivity contribution >= 4 is 16.9 Å². The van der Waals surface area contributed by atoms with E-state index in [4.69, 9.17) is 10.00 Å². The maximum Gasteiger partial charge on any atom is 0.354 e. The zero-order valence-corrected chi connectivity index (χ0v) is 13.0. The Morgan fingerprint density at radius 3 is 2.74 bits per heavy atom. The van der Waals surface area contributed by atoms with Crippen LogP contribution in [0.3, 0.4) is 0 Å². The molecule has 0 spiro atoms. The summed E-state index contributed by atoms with van der Waals surface area (Å²) < 4.78 is 6.91. The molecule has 1 aromatic heterocycles. The van der Waals surface area contributed by atoms with E-state index >= 15 is 0 Å². The number of carbonyl (C=O) groups excluding carboxylic acids is 1. The van der Waals surface area contributed by atoms with Gasteiger partial charge in [-0.1, -0.05) is 30.3 Å². The van der Waals surface area contributed by atoms with Crippen LogP contribution in [0.1, 0.15) is 27.2 Å². The number of nitrogens with zero attached hydrogens (tertiary/aromatic N) is 2. The Balaban J connectivity index is 2.19. The predicted molar refractivity (Wildman–Crippen MR) is 88.3 cm³/mol. The molecule has 4 nitrogen and oxygen atoms in total. The smallest absolute Gasteiger partial charge is 0.354 e. The van der Waals surface area contributed by atoms with E-state index in [-0.39, 0.29) is 5.97 Å². The second-order valence-corrected chi connectivity index (χ2v) is 5.38. The first-order valence-electron chi connectivity index (χ1n) is 7.31. The minimum atomic E-state index is -0.352. The fourth-order valence-corrected chi connectivity index (χ4v) is 2.92. The predicted octanol–water partition coefficient (Wildman–Crippen LogP) is 3.66. The van der Waals surface area contributed by atoms with Crippen molar-refractivity contribution in [2.75, 3.05) is 7.11 Å². The molecule has 0 fully saturated rings. The first kappa shape index (κ1) is 14.9. The Labute approximate surface area is 134 Å². The molecule has 0 aliphatic carbocycles. The second-order valence-electron chi connectivity index (χ2n) is 5.38. The normalized spacial score (nSPS) is 10.5. The Morgan fingerprint density at radius 2 is 2.00 bits per heavy atom. The van der Waals surface area contributed by atoms with E-state index in [1.54, 1.807) is 6.07 Å². The molecular formula is C19H16N2O2. The molecule has 4 heteroatoms. The number of fused-ring (bicyclic) bond motifs is 1. The number of esters is 1. The largest absolute Gasteiger partial charge is 0.464 e. The number of benzene rings is 2. The van der Waals surface area contributed by atoms with Crippen LogP contribution in [0.5, 0.6) is 0 Å². The van der Waals surface area contributed by atoms with Gasteiger partial charge in [0.25, 0.3) is 0 Å². The highest BCUT2D eigenvalue weighted by atomic mass is 16.5. The van der Waals surface area contributed by atoms with Gasteiger partial charge < -0.3 is 9.30 Å². The number of hydrogen-bond acceptors (Lipinski definition) is 3. The van der Waals surface area contributed by atoms with Gasteiger partial charge in [-0.05, 0) is 36.2 Å². The van der Waals surface area contributed by atoms with Crippen molar-refractivity contribution in [3.8, 4) is 6.07 Å². The summed E-state index contributed by atoms with van der Waals surface area (Å²) in [5.41, 5.74) is 4.01. The molecule has 0 saturated heterocycles. The molecule has 114 valence electrons. The summed E-state index contributed by atoms with van der Waals surface area (Å²) in [5, 5.41) is 10.1. The molecule has 3 rings (SSSR count). The average Bonchev–Trinajstić information content (AvgIpc) is 2.87. The number of ether oxygens (including phenoxy) is 1. The highest BCUT2D eigenvalue weighted by Crippen LogP contribution is 2.27. The van der Waals surface area contributed by atoms with Crippen LogP contribution in [0.25, 0.3) is 10.9 Å². The van der Waals surface area contributed by atoms with Gasteiger partial charge in [-0.2, -0.15) is 5.26 Å². The molecule has 0 N–H and O–H groups in total. The van der Waals surface area contributed by atoms with E-state index in [1.807, 2.05) is 54.0 Å². The molecule has 1 heterocycles. The van der Waals surface area contributed by atoms with Crippen LogP contribution in [0.2, 0.25) is 0 Å². The van der Waals surface area contributed by atoms with E-state index in [2.05, 4.69) is 6.07 Å². The number of aromatic nitrogens is 1. The third kappa shape index (κ3) is 2.58. The summed E-state index contributed by atoms with van der Waals surface area (Å²) in [6, 6.07) is 17.4. The van der Waals surface area contributed by atoms with Crippen LogP contribution in [0, 0.1) is 18.3 Å². The number of aryl methyl sites for hydroxylation is 1. The van der Waals surface area contributed by atoms with Crippen LogP contribution >= 0.6 is 0 Å². The quantitative estimate of drug-likeness (QED) is 0.694. The number of para-hydroxylation sites is 1. The monoisotopic (exact) mass is 304 g/mol. The Bertz CT molecular complexity index is 932. The van der Waals surface area contributed by atoms with Gasteiger partial charge in [-0.25, -0.2) is 4.79 Å². The molecule has 23 heavy (non-hydrogen) atoms. The SMILES string of the molecule is COC(=O)c1c(C)c2ccccc2n1Cc1cccc(C#N)c1. The summed E-state index contributed by atoms with van der Waals surface area (Å²) >= 11 is 0. The first-order valence-corrected chi connectivity index (χ1v) is 7.31. The van der Waals surface area contributed by atoms with Crippen molar-refractivity contribution in [3.63, 3.8) is 0 Å². The van der Waals surface area contributed by atoms with E-state index in [0.717, 1.165) is 22.0 Å². The average molecular weight is 304 g/mol. The summed E-state index contributed by atoms with van der Waals surface area (Å²) in [6.45, 7) is 2.44. The van der Waals surface area contributed by atoms with Gasteiger partial charge in [0.15, 0.2) is 0 Å². The van der Waals surface area contributed by atoms with E-state index in [1.165, 1.54) is 7.11 Å². The van der Waals surface area contributed by atoms with E-state index < -0.39 is 0 Å². The first-order chi connectivity index (χ1) is 11.2. The minimum Gasteiger partial charge on any atom is -0.464 e. The van der Waals surface area contributed by atoms with Crippen molar-refractivity contribution in [2.45, 2.75) is 13.5 Å². The Hall–Kier alpha value is -3.06. The van der Waals surface area contributed by atoms with Crippen LogP contribution in [-0.2, 0) is 11.3 Å². The summed E-state index contributed by atoms with van der Waals surface area (Å²) in [7, 11) is 1.39. The van der Waals surface area contributed by atoms with Gasteiger partial charge in [-0.3, -0.25) is 0 Å². The van der Waals surface area contributed by atoms with Crippen molar-refractivity contribution in [2.24, 2.45) is 0 Å². The van der Waals surface area contributed by atoms with Gasteiger partial charge in [0.2, 0.25) is 0 Å². The fraction of sp³-hybridized carbons (Fsp3) is 0.158. The molecule has 0 saturated carbocycles. The highest BCUT2D eigenvalue weighted by Gasteiger charge is 2.20. The number of hydrogen-bond donors (Lipinski definition) is 0. The lowest BCUT2D eigenvalue weighted by Crippen LogP contribution is -2.12. The van der Waals surface area contributed by atoms with Crippen LogP contribution in [0.4, 0.5) is 0 Å². The molecule has 2 aromatic carbocycles. The Kier molecular flexibility index (Phi) is 3.86. The number of nitriles is 1. The highest BCUT2D eigenvalue weighted by molar-refractivity contribution is 5.99. The summed E-state index contributed by atoms with van der Waals surface area (Å²) in [6.07, 6.45) is 0. The molecular weight excluding hydrogens is 288 g/mol. The van der Waals surface area contributed by atoms with Gasteiger partial charge >= 0.3 is 5.97 Å². The molecule has 0 unspecified atom stereocenters. The molecule has 0 amide bonds. The summed E-state index contributed by atoms with van der Waals surface area (Å²) in [4.78, 5) is 12.2. The number of methoxy groups -OCH3 is 1. The van der Waals surface area contributed by atoms with Crippen molar-refractivity contribution in [1.29, 1.82) is 5.26 Å². The Morgan fingerprint density at radius 1 is 1.22 bits per heavy atom. The van der Waals surface area contributed by atoms with Crippen LogP contribution in [0.15, 0.2) is 48.5 Å². The van der Waals surface area contributed by atoms with E-state index in [0.29, 0.717) is 17.8 Å².